The zero-order valence-electron chi connectivity index (χ0n) is 16.2. The molecule has 0 unspecified atom stereocenters. The lowest BCUT2D eigenvalue weighted by Crippen LogP contribution is -2.34. The Morgan fingerprint density at radius 3 is 2.41 bits per heavy atom. The summed E-state index contributed by atoms with van der Waals surface area (Å²) in [6.45, 7) is 7.98. The van der Waals surface area contributed by atoms with E-state index < -0.39 is 11.7 Å². The van der Waals surface area contributed by atoms with E-state index >= 15 is 0 Å². The van der Waals surface area contributed by atoms with Crippen LogP contribution in [0.1, 0.15) is 36.5 Å². The molecule has 1 N–H and O–H groups in total. The SMILES string of the molecule is COC(=O)C=CCn1c(Sc2cc(C)cc(C)c2)c(C(C)C)c(=O)[nH]c1=O. The van der Waals surface area contributed by atoms with Gasteiger partial charge in [0, 0.05) is 17.5 Å². The van der Waals surface area contributed by atoms with Gasteiger partial charge in [0.15, 0.2) is 0 Å². The molecule has 1 aromatic heterocycles. The summed E-state index contributed by atoms with van der Waals surface area (Å²) in [6.07, 6.45) is 2.80. The number of carbonyl (C=O) groups is 1. The van der Waals surface area contributed by atoms with Gasteiger partial charge >= 0.3 is 11.7 Å². The Balaban J connectivity index is 2.59. The monoisotopic (exact) mass is 388 g/mol. The number of allylic oxidation sites excluding steroid dienone is 1. The Hall–Kier alpha value is -2.54. The number of methoxy groups -OCH3 is 1. The first-order valence-electron chi connectivity index (χ1n) is 8.60. The Morgan fingerprint density at radius 2 is 1.85 bits per heavy atom. The van der Waals surface area contributed by atoms with Crippen molar-refractivity contribution in [1.82, 2.24) is 9.55 Å². The Labute approximate surface area is 162 Å². The quantitative estimate of drug-likeness (QED) is 0.467. The van der Waals surface area contributed by atoms with Gasteiger partial charge in [0.1, 0.15) is 0 Å². The Kier molecular flexibility index (Phi) is 6.85. The third-order valence-electron chi connectivity index (χ3n) is 3.92. The van der Waals surface area contributed by atoms with Gasteiger partial charge in [-0.05, 0) is 43.0 Å². The van der Waals surface area contributed by atoms with Crippen LogP contribution < -0.4 is 11.2 Å². The maximum atomic E-state index is 12.4. The van der Waals surface area contributed by atoms with E-state index in [1.165, 1.54) is 29.5 Å². The van der Waals surface area contributed by atoms with E-state index in [1.807, 2.05) is 39.8 Å². The maximum absolute atomic E-state index is 12.4. The van der Waals surface area contributed by atoms with E-state index in [0.717, 1.165) is 16.0 Å². The molecule has 1 aromatic carbocycles. The first kappa shape index (κ1) is 20.8. The predicted molar refractivity (Wildman–Crippen MR) is 107 cm³/mol. The molecule has 0 aliphatic carbocycles. The van der Waals surface area contributed by atoms with Gasteiger partial charge in [-0.25, -0.2) is 9.59 Å². The summed E-state index contributed by atoms with van der Waals surface area (Å²) < 4.78 is 6.05. The molecule has 2 aromatic rings. The molecular weight excluding hydrogens is 364 g/mol. The summed E-state index contributed by atoms with van der Waals surface area (Å²) in [6, 6.07) is 6.10. The van der Waals surface area contributed by atoms with Crippen molar-refractivity contribution in [2.45, 2.75) is 50.1 Å². The number of nitrogens with one attached hydrogen (secondary N) is 1. The molecule has 0 spiro atoms. The summed E-state index contributed by atoms with van der Waals surface area (Å²) in [5.74, 6) is -0.571. The molecule has 0 bridgehead atoms. The molecule has 0 saturated heterocycles. The van der Waals surface area contributed by atoms with Gasteiger partial charge in [0.2, 0.25) is 0 Å². The standard InChI is InChI=1S/C20H24N2O4S/c1-12(2)17-18(24)21-20(25)22(8-6-7-16(23)26-5)19(17)27-15-10-13(3)9-14(4)11-15/h6-7,9-12H,8H2,1-5H3,(H,21,24,25). The third-order valence-corrected chi connectivity index (χ3v) is 5.02. The van der Waals surface area contributed by atoms with Gasteiger partial charge in [0.05, 0.1) is 17.7 Å². The zero-order chi connectivity index (χ0) is 20.1. The van der Waals surface area contributed by atoms with Crippen LogP contribution in [0.4, 0.5) is 0 Å². The van der Waals surface area contributed by atoms with Gasteiger partial charge in [-0.15, -0.1) is 0 Å². The normalized spacial score (nSPS) is 11.3. The number of H-pyrrole nitrogens is 1. The van der Waals surface area contributed by atoms with Gasteiger partial charge < -0.3 is 4.74 Å². The maximum Gasteiger partial charge on any atom is 0.330 e. The van der Waals surface area contributed by atoms with Crippen LogP contribution in [0, 0.1) is 13.8 Å². The van der Waals surface area contributed by atoms with Crippen LogP contribution in [0.15, 0.2) is 49.9 Å². The highest BCUT2D eigenvalue weighted by atomic mass is 32.2. The first-order chi connectivity index (χ1) is 12.7. The van der Waals surface area contributed by atoms with E-state index in [2.05, 4.69) is 15.8 Å². The number of hydrogen-bond acceptors (Lipinski definition) is 5. The van der Waals surface area contributed by atoms with Crippen LogP contribution in [0.5, 0.6) is 0 Å². The molecule has 2 rings (SSSR count). The van der Waals surface area contributed by atoms with Crippen molar-refractivity contribution in [3.63, 3.8) is 0 Å². The lowest BCUT2D eigenvalue weighted by atomic mass is 10.1. The average Bonchev–Trinajstić information content (AvgIpc) is 2.55. The zero-order valence-corrected chi connectivity index (χ0v) is 17.0. The largest absolute Gasteiger partial charge is 0.466 e. The number of benzene rings is 1. The van der Waals surface area contributed by atoms with Crippen LogP contribution in [0.3, 0.4) is 0 Å². The first-order valence-corrected chi connectivity index (χ1v) is 9.42. The topological polar surface area (TPSA) is 81.2 Å². The smallest absolute Gasteiger partial charge is 0.330 e. The molecule has 1 heterocycles. The van der Waals surface area contributed by atoms with Crippen molar-refractivity contribution >= 4 is 17.7 Å². The van der Waals surface area contributed by atoms with E-state index in [9.17, 15) is 14.4 Å². The van der Waals surface area contributed by atoms with Gasteiger partial charge in [-0.2, -0.15) is 0 Å². The molecule has 0 aliphatic rings. The fourth-order valence-corrected chi connectivity index (χ4v) is 4.20. The number of hydrogen-bond donors (Lipinski definition) is 1. The molecule has 144 valence electrons. The van der Waals surface area contributed by atoms with E-state index in [4.69, 9.17) is 0 Å². The third kappa shape index (κ3) is 5.23. The van der Waals surface area contributed by atoms with E-state index in [1.54, 1.807) is 6.08 Å². The number of aryl methyl sites for hydroxylation is 2. The summed E-state index contributed by atoms with van der Waals surface area (Å²) in [5.41, 5.74) is 1.87. The van der Waals surface area contributed by atoms with Crippen LogP contribution >= 0.6 is 11.8 Å². The van der Waals surface area contributed by atoms with Gasteiger partial charge in [0.25, 0.3) is 5.56 Å². The molecule has 6 nitrogen and oxygen atoms in total. The van der Waals surface area contributed by atoms with Crippen molar-refractivity contribution in [1.29, 1.82) is 0 Å². The highest BCUT2D eigenvalue weighted by molar-refractivity contribution is 7.99. The molecule has 0 atom stereocenters. The minimum absolute atomic E-state index is 0.0707. The second kappa shape index (κ2) is 8.90. The van der Waals surface area contributed by atoms with E-state index in [0.29, 0.717) is 10.6 Å². The summed E-state index contributed by atoms with van der Waals surface area (Å²) in [7, 11) is 1.29. The minimum Gasteiger partial charge on any atom is -0.466 e. The number of esters is 1. The fourth-order valence-electron chi connectivity index (χ4n) is 2.78. The molecule has 27 heavy (non-hydrogen) atoms. The lowest BCUT2D eigenvalue weighted by Gasteiger charge is -2.17. The van der Waals surface area contributed by atoms with Crippen molar-refractivity contribution in [3.8, 4) is 0 Å². The summed E-state index contributed by atoms with van der Waals surface area (Å²) in [5, 5.41) is 0.582. The molecule has 7 heteroatoms. The second-order valence-electron chi connectivity index (χ2n) is 6.59. The summed E-state index contributed by atoms with van der Waals surface area (Å²) in [4.78, 5) is 39.5. The van der Waals surface area contributed by atoms with Crippen LogP contribution in [0.2, 0.25) is 0 Å². The van der Waals surface area contributed by atoms with Crippen LogP contribution in [-0.4, -0.2) is 22.6 Å². The van der Waals surface area contributed by atoms with Crippen molar-refractivity contribution in [3.05, 3.63) is 67.9 Å². The highest BCUT2D eigenvalue weighted by Crippen LogP contribution is 2.32. The van der Waals surface area contributed by atoms with E-state index in [-0.39, 0.29) is 18.0 Å². The second-order valence-corrected chi connectivity index (χ2v) is 7.66. The predicted octanol–water partition coefficient (Wildman–Crippen LogP) is 3.16. The molecular formula is C20H24N2O4S. The average molecular weight is 388 g/mol. The number of nitrogens with zero attached hydrogens (tertiary/aromatic N) is 1. The Morgan fingerprint density at radius 1 is 1.22 bits per heavy atom. The van der Waals surface area contributed by atoms with Gasteiger partial charge in [-0.1, -0.05) is 37.8 Å². The number of aromatic nitrogens is 2. The van der Waals surface area contributed by atoms with Crippen LogP contribution in [0.25, 0.3) is 0 Å². The molecule has 0 aliphatic heterocycles. The van der Waals surface area contributed by atoms with Crippen LogP contribution in [-0.2, 0) is 16.1 Å². The fraction of sp³-hybridized carbons (Fsp3) is 0.350. The van der Waals surface area contributed by atoms with Crippen molar-refractivity contribution in [2.24, 2.45) is 0 Å². The van der Waals surface area contributed by atoms with Gasteiger partial charge in [-0.3, -0.25) is 14.3 Å². The number of aromatic amines is 1. The molecule has 0 fully saturated rings. The molecule has 0 saturated carbocycles. The number of ether oxygens (including phenoxy) is 1. The minimum atomic E-state index is -0.509. The molecule has 0 amide bonds. The van der Waals surface area contributed by atoms with Crippen molar-refractivity contribution < 1.29 is 9.53 Å². The van der Waals surface area contributed by atoms with Crippen molar-refractivity contribution in [2.75, 3.05) is 7.11 Å². The highest BCUT2D eigenvalue weighted by Gasteiger charge is 2.18. The summed E-state index contributed by atoms with van der Waals surface area (Å²) >= 11 is 1.38. The number of carbonyl (C=O) groups excluding carboxylic acids is 1. The lowest BCUT2D eigenvalue weighted by molar-refractivity contribution is -0.134. The Bertz CT molecular complexity index is 966. The molecule has 0 radical (unpaired) electrons. The number of rotatable bonds is 6.